The molecule has 25 heavy (non-hydrogen) atoms. The maximum absolute atomic E-state index is 10.2. The molecule has 0 amide bonds. The van der Waals surface area contributed by atoms with Crippen LogP contribution in [0.15, 0.2) is 5.34 Å². The van der Waals surface area contributed by atoms with Gasteiger partial charge in [0.2, 0.25) is 0 Å². The number of carboxylic acid groups (broad SMARTS) is 1. The lowest BCUT2D eigenvalue weighted by Gasteiger charge is -2.00. The Balaban J connectivity index is 0. The quantitative estimate of drug-likeness (QED) is 0.162. The van der Waals surface area contributed by atoms with E-state index in [-0.39, 0.29) is 0 Å². The lowest BCUT2D eigenvalue weighted by atomic mass is 10.1. The normalized spacial score (nSPS) is 10.0. The molecule has 0 aliphatic rings. The van der Waals surface area contributed by atoms with Crippen LogP contribution in [-0.2, 0) is 9.63 Å². The molecule has 150 valence electrons. The fourth-order valence-corrected chi connectivity index (χ4v) is 2.57. The summed E-state index contributed by atoms with van der Waals surface area (Å²) in [5.74, 6) is -0.659. The van der Waals surface area contributed by atoms with Crippen LogP contribution in [0.3, 0.4) is 0 Å². The van der Waals surface area contributed by atoms with Gasteiger partial charge >= 0.3 is 5.97 Å². The summed E-state index contributed by atoms with van der Waals surface area (Å²) in [5.41, 5.74) is 0. The van der Waals surface area contributed by atoms with E-state index in [0.717, 1.165) is 25.7 Å². The Morgan fingerprint density at radius 3 is 1.52 bits per heavy atom. The van der Waals surface area contributed by atoms with E-state index in [1.54, 1.807) is 0 Å². The summed E-state index contributed by atoms with van der Waals surface area (Å²) < 4.78 is 0. The zero-order valence-electron chi connectivity index (χ0n) is 16.6. The maximum Gasteiger partial charge on any atom is 0.303 e. The number of hydrogen-bond acceptors (Lipinski definition) is 4. The van der Waals surface area contributed by atoms with E-state index in [4.69, 9.17) is 5.11 Å². The molecule has 0 saturated heterocycles. The minimum Gasteiger partial charge on any atom is -0.481 e. The first-order valence-corrected chi connectivity index (χ1v) is 10.3. The molecular weight excluding hydrogens is 318 g/mol. The molecule has 0 aromatic heterocycles. The predicted molar refractivity (Wildman–Crippen MR) is 105 cm³/mol. The van der Waals surface area contributed by atoms with Crippen molar-refractivity contribution < 1.29 is 14.7 Å². The van der Waals surface area contributed by atoms with Crippen molar-refractivity contribution in [3.05, 3.63) is 4.91 Å². The average molecular weight is 360 g/mol. The summed E-state index contributed by atoms with van der Waals surface area (Å²) in [6.07, 6.45) is 18.7. The Labute approximate surface area is 154 Å². The van der Waals surface area contributed by atoms with Crippen LogP contribution in [0.25, 0.3) is 0 Å². The third kappa shape index (κ3) is 31.2. The molecule has 5 heteroatoms. The molecule has 0 unspecified atom stereocenters. The van der Waals surface area contributed by atoms with Gasteiger partial charge in [0.15, 0.2) is 5.34 Å². The van der Waals surface area contributed by atoms with Gasteiger partial charge in [0.05, 0.1) is 0 Å². The van der Waals surface area contributed by atoms with Gasteiger partial charge in [0.1, 0.15) is 6.61 Å². The van der Waals surface area contributed by atoms with Crippen molar-refractivity contribution in [3.8, 4) is 0 Å². The monoisotopic (exact) mass is 359 g/mol. The predicted octanol–water partition coefficient (Wildman–Crippen LogP) is 7.04. The lowest BCUT2D eigenvalue weighted by molar-refractivity contribution is -0.137. The molecule has 0 saturated carbocycles. The number of carboxylic acids is 1. The first-order valence-electron chi connectivity index (χ1n) is 10.3. The van der Waals surface area contributed by atoms with E-state index in [1.165, 1.54) is 70.6 Å². The standard InChI is InChI=1S/C12H24O2.C8H17NO2/c1-2-3-4-5-6-7-8-9-10-11-12(13)14;1-2-3-4-5-6-7-8-11-9-10/h2-11H2,1H3,(H,13,14);2-8H2,1H3. The Bertz CT molecular complexity index is 272. The summed E-state index contributed by atoms with van der Waals surface area (Å²) in [6, 6.07) is 0. The summed E-state index contributed by atoms with van der Waals surface area (Å²) in [5, 5.41) is 10.7. The molecule has 0 atom stereocenters. The van der Waals surface area contributed by atoms with Crippen molar-refractivity contribution in [1.29, 1.82) is 0 Å². The zero-order chi connectivity index (χ0) is 19.0. The molecule has 0 aromatic rings. The van der Waals surface area contributed by atoms with E-state index in [0.29, 0.717) is 13.0 Å². The Morgan fingerprint density at radius 1 is 0.720 bits per heavy atom. The highest BCUT2D eigenvalue weighted by Gasteiger charge is 1.96. The van der Waals surface area contributed by atoms with Crippen LogP contribution in [0.1, 0.15) is 117 Å². The average Bonchev–Trinajstić information content (AvgIpc) is 2.60. The van der Waals surface area contributed by atoms with Gasteiger partial charge in [-0.2, -0.15) is 0 Å². The van der Waals surface area contributed by atoms with Crippen molar-refractivity contribution >= 4 is 5.97 Å². The molecule has 0 heterocycles. The number of unbranched alkanes of at least 4 members (excludes halogenated alkanes) is 13. The molecule has 0 fully saturated rings. The van der Waals surface area contributed by atoms with Crippen LogP contribution in [0.5, 0.6) is 0 Å². The second-order valence-corrected chi connectivity index (χ2v) is 6.65. The smallest absolute Gasteiger partial charge is 0.303 e. The van der Waals surface area contributed by atoms with Crippen molar-refractivity contribution in [2.24, 2.45) is 5.34 Å². The Kier molecular flexibility index (Phi) is 26.2. The maximum atomic E-state index is 10.2. The molecule has 0 radical (unpaired) electrons. The summed E-state index contributed by atoms with van der Waals surface area (Å²) in [7, 11) is 0. The Morgan fingerprint density at radius 2 is 1.12 bits per heavy atom. The minimum atomic E-state index is -0.659. The number of rotatable bonds is 18. The van der Waals surface area contributed by atoms with Crippen molar-refractivity contribution in [1.82, 2.24) is 0 Å². The van der Waals surface area contributed by atoms with Crippen LogP contribution < -0.4 is 0 Å². The first-order chi connectivity index (χ1) is 12.2. The second kappa shape index (κ2) is 25.1. The highest BCUT2D eigenvalue weighted by atomic mass is 16.7. The topological polar surface area (TPSA) is 76.0 Å². The number of aliphatic carboxylic acids is 1. The van der Waals surface area contributed by atoms with Crippen LogP contribution in [-0.4, -0.2) is 17.7 Å². The van der Waals surface area contributed by atoms with Crippen LogP contribution >= 0.6 is 0 Å². The zero-order valence-corrected chi connectivity index (χ0v) is 16.6. The van der Waals surface area contributed by atoms with E-state index in [1.807, 2.05) is 0 Å². The van der Waals surface area contributed by atoms with E-state index >= 15 is 0 Å². The molecule has 0 aliphatic heterocycles. The first kappa shape index (κ1) is 26.1. The van der Waals surface area contributed by atoms with Gasteiger partial charge in [-0.15, -0.1) is 4.91 Å². The van der Waals surface area contributed by atoms with Crippen molar-refractivity contribution in [2.75, 3.05) is 6.61 Å². The van der Waals surface area contributed by atoms with Gasteiger partial charge in [0.25, 0.3) is 0 Å². The molecular formula is C20H41NO4. The third-order valence-corrected chi connectivity index (χ3v) is 4.14. The number of hydrogen-bond donors (Lipinski definition) is 1. The third-order valence-electron chi connectivity index (χ3n) is 4.14. The summed E-state index contributed by atoms with van der Waals surface area (Å²) in [4.78, 5) is 24.0. The molecule has 0 bridgehead atoms. The molecule has 0 aliphatic carbocycles. The second-order valence-electron chi connectivity index (χ2n) is 6.65. The minimum absolute atomic E-state index is 0.343. The highest BCUT2D eigenvalue weighted by molar-refractivity contribution is 5.66. The van der Waals surface area contributed by atoms with Crippen molar-refractivity contribution in [3.63, 3.8) is 0 Å². The fraction of sp³-hybridized carbons (Fsp3) is 0.950. The van der Waals surface area contributed by atoms with Gasteiger partial charge in [-0.05, 0) is 19.3 Å². The van der Waals surface area contributed by atoms with Gasteiger partial charge in [-0.1, -0.05) is 90.9 Å². The Hall–Kier alpha value is -1.13. The highest BCUT2D eigenvalue weighted by Crippen LogP contribution is 2.10. The summed E-state index contributed by atoms with van der Waals surface area (Å²) >= 11 is 0. The summed E-state index contributed by atoms with van der Waals surface area (Å²) in [6.45, 7) is 4.90. The van der Waals surface area contributed by atoms with Crippen molar-refractivity contribution in [2.45, 2.75) is 117 Å². The van der Waals surface area contributed by atoms with Gasteiger partial charge in [-0.3, -0.25) is 4.79 Å². The molecule has 1 N–H and O–H groups in total. The van der Waals surface area contributed by atoms with E-state index in [9.17, 15) is 9.70 Å². The molecule has 0 rings (SSSR count). The van der Waals surface area contributed by atoms with E-state index in [2.05, 4.69) is 24.0 Å². The van der Waals surface area contributed by atoms with Crippen LogP contribution in [0, 0.1) is 4.91 Å². The van der Waals surface area contributed by atoms with Gasteiger partial charge < -0.3 is 9.94 Å². The fourth-order valence-electron chi connectivity index (χ4n) is 2.57. The number of carbonyl (C=O) groups is 1. The SMILES string of the molecule is CCCCCCCCCCCC(=O)O.CCCCCCCCON=O. The molecule has 0 spiro atoms. The van der Waals surface area contributed by atoms with Gasteiger partial charge in [0, 0.05) is 6.42 Å². The van der Waals surface area contributed by atoms with E-state index < -0.39 is 5.97 Å². The lowest BCUT2D eigenvalue weighted by Crippen LogP contribution is -1.93. The molecule has 0 aromatic carbocycles. The molecule has 5 nitrogen and oxygen atoms in total. The van der Waals surface area contributed by atoms with Crippen LogP contribution in [0.2, 0.25) is 0 Å². The largest absolute Gasteiger partial charge is 0.481 e. The van der Waals surface area contributed by atoms with Crippen LogP contribution in [0.4, 0.5) is 0 Å². The number of nitrogens with zero attached hydrogens (tertiary/aromatic N) is 1. The van der Waals surface area contributed by atoms with Gasteiger partial charge in [-0.25, -0.2) is 0 Å².